The van der Waals surface area contributed by atoms with Crippen LogP contribution in [0.15, 0.2) is 57.9 Å². The summed E-state index contributed by atoms with van der Waals surface area (Å²) >= 11 is 3.36. The highest BCUT2D eigenvalue weighted by atomic mass is 79.9. The normalized spacial score (nSPS) is 15.2. The third kappa shape index (κ3) is 5.54. The molecule has 1 aliphatic rings. The fraction of sp³-hybridized carbons (Fsp3) is 0.316. The van der Waals surface area contributed by atoms with Crippen molar-refractivity contribution in [1.82, 2.24) is 4.31 Å². The maximum Gasteiger partial charge on any atom is 0.243 e. The molecule has 2 aromatic carbocycles. The number of ether oxygens (including phenoxy) is 2. The Morgan fingerprint density at radius 1 is 1.14 bits per heavy atom. The molecule has 150 valence electrons. The van der Waals surface area contributed by atoms with Crippen molar-refractivity contribution in [3.63, 3.8) is 0 Å². The molecule has 0 saturated carbocycles. The first kappa shape index (κ1) is 20.8. The monoisotopic (exact) mass is 468 g/mol. The van der Waals surface area contributed by atoms with Crippen molar-refractivity contribution in [2.75, 3.05) is 38.2 Å². The molecule has 1 amide bonds. The molecule has 1 N–H and O–H groups in total. The third-order valence-corrected chi connectivity index (χ3v) is 6.55. The molecule has 1 saturated heterocycles. The van der Waals surface area contributed by atoms with Gasteiger partial charge in [0.15, 0.2) is 0 Å². The number of carbonyl (C=O) groups is 1. The lowest BCUT2D eigenvalue weighted by Gasteiger charge is -2.26. The number of carbonyl (C=O) groups excluding carboxylic acids is 1. The SMILES string of the molecule is O=C(CCOc1cccc(Br)c1)Nc1ccc(S(=O)(=O)N2CCOCC2)cc1. The maximum atomic E-state index is 12.6. The summed E-state index contributed by atoms with van der Waals surface area (Å²) in [6.07, 6.45) is 0.181. The van der Waals surface area contributed by atoms with Gasteiger partial charge in [-0.15, -0.1) is 0 Å². The highest BCUT2D eigenvalue weighted by molar-refractivity contribution is 9.10. The molecule has 2 aromatic rings. The van der Waals surface area contributed by atoms with Crippen molar-refractivity contribution in [3.05, 3.63) is 53.0 Å². The summed E-state index contributed by atoms with van der Waals surface area (Å²) in [6, 6.07) is 13.5. The van der Waals surface area contributed by atoms with Gasteiger partial charge in [-0.05, 0) is 42.5 Å². The number of nitrogens with zero attached hydrogens (tertiary/aromatic N) is 1. The van der Waals surface area contributed by atoms with E-state index in [0.717, 1.165) is 4.47 Å². The Kier molecular flexibility index (Phi) is 7.06. The zero-order valence-electron chi connectivity index (χ0n) is 15.1. The number of nitrogens with one attached hydrogen (secondary N) is 1. The van der Waals surface area contributed by atoms with Gasteiger partial charge in [0, 0.05) is 23.2 Å². The summed E-state index contributed by atoms with van der Waals surface area (Å²) in [5, 5.41) is 2.74. The Morgan fingerprint density at radius 3 is 2.54 bits per heavy atom. The first-order valence-corrected chi connectivity index (χ1v) is 11.0. The first-order chi connectivity index (χ1) is 13.4. The quantitative estimate of drug-likeness (QED) is 0.674. The summed E-state index contributed by atoms with van der Waals surface area (Å²) in [5.74, 6) is 0.471. The van der Waals surface area contributed by atoms with E-state index in [1.807, 2.05) is 24.3 Å². The molecule has 0 aromatic heterocycles. The molecule has 1 heterocycles. The van der Waals surface area contributed by atoms with Crippen LogP contribution in [0.4, 0.5) is 5.69 Å². The fourth-order valence-corrected chi connectivity index (χ4v) is 4.47. The number of benzene rings is 2. The van der Waals surface area contributed by atoms with Gasteiger partial charge in [-0.2, -0.15) is 4.31 Å². The van der Waals surface area contributed by atoms with Crippen molar-refractivity contribution in [2.45, 2.75) is 11.3 Å². The second kappa shape index (κ2) is 9.51. The lowest BCUT2D eigenvalue weighted by molar-refractivity contribution is -0.116. The number of rotatable bonds is 7. The molecule has 1 aliphatic heterocycles. The smallest absolute Gasteiger partial charge is 0.243 e. The fourth-order valence-electron chi connectivity index (χ4n) is 2.69. The van der Waals surface area contributed by atoms with Crippen LogP contribution < -0.4 is 10.1 Å². The van der Waals surface area contributed by atoms with Gasteiger partial charge in [0.05, 0.1) is 31.1 Å². The van der Waals surface area contributed by atoms with E-state index < -0.39 is 10.0 Å². The van der Waals surface area contributed by atoms with E-state index >= 15 is 0 Å². The van der Waals surface area contributed by atoms with Gasteiger partial charge >= 0.3 is 0 Å². The molecule has 1 fully saturated rings. The largest absolute Gasteiger partial charge is 0.493 e. The van der Waals surface area contributed by atoms with Crippen molar-refractivity contribution >= 4 is 37.5 Å². The Morgan fingerprint density at radius 2 is 1.86 bits per heavy atom. The maximum absolute atomic E-state index is 12.6. The van der Waals surface area contributed by atoms with Gasteiger partial charge in [0.2, 0.25) is 15.9 Å². The Bertz CT molecular complexity index is 912. The van der Waals surface area contributed by atoms with E-state index in [9.17, 15) is 13.2 Å². The van der Waals surface area contributed by atoms with Gasteiger partial charge < -0.3 is 14.8 Å². The number of morpholine rings is 1. The average Bonchev–Trinajstić information content (AvgIpc) is 2.69. The zero-order valence-corrected chi connectivity index (χ0v) is 17.5. The van der Waals surface area contributed by atoms with E-state index in [4.69, 9.17) is 9.47 Å². The summed E-state index contributed by atoms with van der Waals surface area (Å²) in [5.41, 5.74) is 0.536. The van der Waals surface area contributed by atoms with Crippen LogP contribution in [-0.4, -0.2) is 51.5 Å². The number of hydrogen-bond donors (Lipinski definition) is 1. The minimum Gasteiger partial charge on any atom is -0.493 e. The highest BCUT2D eigenvalue weighted by Gasteiger charge is 2.26. The number of sulfonamides is 1. The lowest BCUT2D eigenvalue weighted by Crippen LogP contribution is -2.40. The van der Waals surface area contributed by atoms with Crippen molar-refractivity contribution in [3.8, 4) is 5.75 Å². The Labute approximate surface area is 172 Å². The lowest BCUT2D eigenvalue weighted by atomic mass is 10.3. The molecule has 0 unspecified atom stereocenters. The zero-order chi connectivity index (χ0) is 20.0. The van der Waals surface area contributed by atoms with Crippen LogP contribution in [0, 0.1) is 0 Å². The number of halogens is 1. The van der Waals surface area contributed by atoms with Gasteiger partial charge in [-0.25, -0.2) is 8.42 Å². The van der Waals surface area contributed by atoms with E-state index in [1.54, 1.807) is 12.1 Å². The van der Waals surface area contributed by atoms with Crippen LogP contribution in [0.5, 0.6) is 5.75 Å². The molecule has 0 radical (unpaired) electrons. The summed E-state index contributed by atoms with van der Waals surface area (Å²) in [7, 11) is -3.54. The van der Waals surface area contributed by atoms with E-state index in [2.05, 4.69) is 21.2 Å². The van der Waals surface area contributed by atoms with Crippen molar-refractivity contribution in [2.24, 2.45) is 0 Å². The standard InChI is InChI=1S/C19H21BrN2O5S/c20-15-2-1-3-17(14-15)27-11-8-19(23)21-16-4-6-18(7-5-16)28(24,25)22-9-12-26-13-10-22/h1-7,14H,8-13H2,(H,21,23). The van der Waals surface area contributed by atoms with Crippen LogP contribution in [0.3, 0.4) is 0 Å². The van der Waals surface area contributed by atoms with Crippen molar-refractivity contribution < 1.29 is 22.7 Å². The first-order valence-electron chi connectivity index (χ1n) is 8.81. The van der Waals surface area contributed by atoms with Gasteiger partial charge in [0.25, 0.3) is 0 Å². The van der Waals surface area contributed by atoms with Crippen LogP contribution in [0.1, 0.15) is 6.42 Å². The average molecular weight is 469 g/mol. The molecule has 0 spiro atoms. The molecule has 0 bridgehead atoms. The topological polar surface area (TPSA) is 84.9 Å². The van der Waals surface area contributed by atoms with Crippen LogP contribution in [0.2, 0.25) is 0 Å². The second-order valence-corrected chi connectivity index (χ2v) is 9.00. The predicted molar refractivity (Wildman–Crippen MR) is 109 cm³/mol. The highest BCUT2D eigenvalue weighted by Crippen LogP contribution is 2.20. The number of hydrogen-bond acceptors (Lipinski definition) is 5. The molecule has 7 nitrogen and oxygen atoms in total. The Balaban J connectivity index is 1.51. The third-order valence-electron chi connectivity index (χ3n) is 4.14. The minimum atomic E-state index is -3.54. The molecule has 28 heavy (non-hydrogen) atoms. The van der Waals surface area contributed by atoms with Crippen LogP contribution in [-0.2, 0) is 19.6 Å². The number of amides is 1. The predicted octanol–water partition coefficient (Wildman–Crippen LogP) is 2.88. The molecular weight excluding hydrogens is 448 g/mol. The summed E-state index contributed by atoms with van der Waals surface area (Å²) in [6.45, 7) is 1.73. The summed E-state index contributed by atoms with van der Waals surface area (Å²) < 4.78 is 38.2. The molecule has 9 heteroatoms. The molecule has 3 rings (SSSR count). The summed E-state index contributed by atoms with van der Waals surface area (Å²) in [4.78, 5) is 12.3. The van der Waals surface area contributed by atoms with Crippen LogP contribution >= 0.6 is 15.9 Å². The second-order valence-electron chi connectivity index (χ2n) is 6.14. The van der Waals surface area contributed by atoms with Crippen molar-refractivity contribution in [1.29, 1.82) is 0 Å². The van der Waals surface area contributed by atoms with Gasteiger partial charge in [-0.3, -0.25) is 4.79 Å². The van der Waals surface area contributed by atoms with Gasteiger partial charge in [-0.1, -0.05) is 22.0 Å². The minimum absolute atomic E-state index is 0.181. The van der Waals surface area contributed by atoms with E-state index in [1.165, 1.54) is 16.4 Å². The number of anilines is 1. The molecule has 0 atom stereocenters. The van der Waals surface area contributed by atoms with E-state index in [0.29, 0.717) is 37.7 Å². The van der Waals surface area contributed by atoms with Crippen LogP contribution in [0.25, 0.3) is 0 Å². The Hall–Kier alpha value is -1.94. The molecular formula is C19H21BrN2O5S. The van der Waals surface area contributed by atoms with E-state index in [-0.39, 0.29) is 23.8 Å². The molecule has 0 aliphatic carbocycles. The van der Waals surface area contributed by atoms with Gasteiger partial charge in [0.1, 0.15) is 5.75 Å².